The van der Waals surface area contributed by atoms with E-state index in [0.29, 0.717) is 17.5 Å². The van der Waals surface area contributed by atoms with Crippen molar-refractivity contribution in [2.45, 2.75) is 117 Å². The number of nitrogens with two attached hydrogens (primary N) is 1. The fourth-order valence-corrected chi connectivity index (χ4v) is 4.06. The summed E-state index contributed by atoms with van der Waals surface area (Å²) in [5.41, 5.74) is 4.74. The molecule has 0 fully saturated rings. The molecule has 10 heteroatoms. The predicted molar refractivity (Wildman–Crippen MR) is 146 cm³/mol. The van der Waals surface area contributed by atoms with Gasteiger partial charge in [0, 0.05) is 11.6 Å². The molecule has 214 valence electrons. The van der Waals surface area contributed by atoms with Crippen molar-refractivity contribution in [1.29, 1.82) is 0 Å². The third kappa shape index (κ3) is 9.54. The maximum absolute atomic E-state index is 14.2. The van der Waals surface area contributed by atoms with E-state index in [1.165, 1.54) is 11.0 Å². The molecule has 10 nitrogen and oxygen atoms in total. The summed E-state index contributed by atoms with van der Waals surface area (Å²) in [6.07, 6.45) is 0.685. The van der Waals surface area contributed by atoms with Crippen LogP contribution in [-0.4, -0.2) is 57.0 Å². The highest BCUT2D eigenvalue weighted by atomic mass is 16.6. The van der Waals surface area contributed by atoms with Crippen molar-refractivity contribution in [3.63, 3.8) is 0 Å². The maximum atomic E-state index is 14.2. The molecule has 0 saturated carbocycles. The summed E-state index contributed by atoms with van der Waals surface area (Å²) in [4.78, 5) is 54.0. The van der Waals surface area contributed by atoms with E-state index in [0.717, 1.165) is 12.8 Å². The predicted octanol–water partition coefficient (Wildman–Crippen LogP) is 3.83. The molecule has 4 amide bonds. The Balaban J connectivity index is 3.71. The Morgan fingerprint density at radius 2 is 1.68 bits per heavy atom. The summed E-state index contributed by atoms with van der Waals surface area (Å²) in [5.74, 6) is -1.82. The Labute approximate surface area is 226 Å². The molecule has 1 aromatic rings. The number of rotatable bonds is 12. The maximum Gasteiger partial charge on any atom is 0.408 e. The lowest BCUT2D eigenvalue weighted by atomic mass is 9.91. The van der Waals surface area contributed by atoms with Gasteiger partial charge in [-0.1, -0.05) is 26.3 Å². The van der Waals surface area contributed by atoms with Crippen LogP contribution < -0.4 is 16.4 Å². The Hall–Kier alpha value is -3.30. The second kappa shape index (κ2) is 13.5. The van der Waals surface area contributed by atoms with Crippen LogP contribution in [0.1, 0.15) is 98.2 Å². The highest BCUT2D eigenvalue weighted by Gasteiger charge is 2.43. The molecule has 1 aromatic carbocycles. The van der Waals surface area contributed by atoms with Crippen molar-refractivity contribution in [2.75, 3.05) is 0 Å². The molecule has 0 aromatic heterocycles. The Kier molecular flexibility index (Phi) is 11.6. The van der Waals surface area contributed by atoms with E-state index >= 15 is 0 Å². The number of phenolic OH excluding ortho intramolecular Hbond substituents is 1. The van der Waals surface area contributed by atoms with Gasteiger partial charge >= 0.3 is 6.09 Å². The molecular weight excluding hydrogens is 488 g/mol. The van der Waals surface area contributed by atoms with Gasteiger partial charge in [0.15, 0.2) is 0 Å². The SMILES string of the molecule is CCCC(C)NC(=O)C(c1ccc(O)c(C)c1)N(C(=O)C(CC(N)=O)NC(=O)OC(C)(C)C)C(C)(C)CC. The average Bonchev–Trinajstić information content (AvgIpc) is 2.76. The van der Waals surface area contributed by atoms with Crippen molar-refractivity contribution in [1.82, 2.24) is 15.5 Å². The normalized spacial score (nSPS) is 14.1. The molecule has 0 heterocycles. The van der Waals surface area contributed by atoms with Gasteiger partial charge in [0.05, 0.1) is 6.42 Å². The molecule has 0 spiro atoms. The monoisotopic (exact) mass is 534 g/mol. The minimum atomic E-state index is -1.37. The lowest BCUT2D eigenvalue weighted by Gasteiger charge is -2.44. The van der Waals surface area contributed by atoms with Crippen molar-refractivity contribution in [2.24, 2.45) is 5.73 Å². The van der Waals surface area contributed by atoms with Crippen LogP contribution in [0.2, 0.25) is 0 Å². The molecule has 0 aliphatic heterocycles. The molecule has 0 aliphatic carbocycles. The number of hydrogen-bond acceptors (Lipinski definition) is 6. The number of nitrogens with zero attached hydrogens (tertiary/aromatic N) is 1. The molecule has 38 heavy (non-hydrogen) atoms. The summed E-state index contributed by atoms with van der Waals surface area (Å²) in [5, 5.41) is 15.6. The summed E-state index contributed by atoms with van der Waals surface area (Å²) in [6.45, 7) is 16.1. The summed E-state index contributed by atoms with van der Waals surface area (Å²) in [7, 11) is 0. The fraction of sp³-hybridized carbons (Fsp3) is 0.643. The number of alkyl carbamates (subject to hydrolysis) is 1. The summed E-state index contributed by atoms with van der Waals surface area (Å²) in [6, 6.07) is 2.08. The first kappa shape index (κ1) is 32.7. The largest absolute Gasteiger partial charge is 0.508 e. The lowest BCUT2D eigenvalue weighted by Crippen LogP contribution is -2.60. The van der Waals surface area contributed by atoms with Crippen molar-refractivity contribution in [3.05, 3.63) is 29.3 Å². The van der Waals surface area contributed by atoms with E-state index in [1.54, 1.807) is 39.8 Å². The highest BCUT2D eigenvalue weighted by Crippen LogP contribution is 2.34. The standard InChI is InChI=1S/C28H46N4O6/c1-10-12-18(4)30-24(35)23(19-13-14-21(33)17(3)15-19)32(28(8,9)11-2)25(36)20(16-22(29)34)31-26(37)38-27(5,6)7/h13-15,18,20,23,33H,10-12,16H2,1-9H3,(H2,29,34)(H,30,35)(H,31,37). The van der Waals surface area contributed by atoms with Crippen molar-refractivity contribution < 1.29 is 29.0 Å². The lowest BCUT2D eigenvalue weighted by molar-refractivity contribution is -0.150. The van der Waals surface area contributed by atoms with E-state index in [1.807, 2.05) is 34.6 Å². The van der Waals surface area contributed by atoms with Gasteiger partial charge < -0.3 is 31.1 Å². The van der Waals surface area contributed by atoms with Crippen LogP contribution in [0.15, 0.2) is 18.2 Å². The number of aryl methyl sites for hydroxylation is 1. The molecule has 3 unspecified atom stereocenters. The van der Waals surface area contributed by atoms with Gasteiger partial charge in [0.2, 0.25) is 17.7 Å². The van der Waals surface area contributed by atoms with Gasteiger partial charge in [-0.15, -0.1) is 0 Å². The van der Waals surface area contributed by atoms with Crippen LogP contribution in [0.3, 0.4) is 0 Å². The number of carbonyl (C=O) groups is 4. The molecule has 0 bridgehead atoms. The number of primary amides is 1. The minimum absolute atomic E-state index is 0.0538. The van der Waals surface area contributed by atoms with Gasteiger partial charge in [-0.3, -0.25) is 14.4 Å². The first-order chi connectivity index (χ1) is 17.4. The number of nitrogens with one attached hydrogen (secondary N) is 2. The fourth-order valence-electron chi connectivity index (χ4n) is 4.06. The van der Waals surface area contributed by atoms with E-state index in [9.17, 15) is 24.3 Å². The topological polar surface area (TPSA) is 151 Å². The molecule has 0 radical (unpaired) electrons. The zero-order chi connectivity index (χ0) is 29.4. The minimum Gasteiger partial charge on any atom is -0.508 e. The second-order valence-electron chi connectivity index (χ2n) is 11.4. The third-order valence-electron chi connectivity index (χ3n) is 6.30. The zero-order valence-electron chi connectivity index (χ0n) is 24.3. The molecule has 5 N–H and O–H groups in total. The summed E-state index contributed by atoms with van der Waals surface area (Å²) >= 11 is 0. The number of hydrogen-bond donors (Lipinski definition) is 4. The Morgan fingerprint density at radius 3 is 2.16 bits per heavy atom. The number of amides is 4. The van der Waals surface area contributed by atoms with E-state index in [-0.39, 0.29) is 11.8 Å². The number of ether oxygens (including phenoxy) is 1. The van der Waals surface area contributed by atoms with Gasteiger partial charge in [-0.2, -0.15) is 0 Å². The average molecular weight is 535 g/mol. The Morgan fingerprint density at radius 1 is 1.08 bits per heavy atom. The summed E-state index contributed by atoms with van der Waals surface area (Å²) < 4.78 is 5.31. The smallest absolute Gasteiger partial charge is 0.408 e. The highest BCUT2D eigenvalue weighted by molar-refractivity contribution is 5.95. The first-order valence-electron chi connectivity index (χ1n) is 13.1. The first-order valence-corrected chi connectivity index (χ1v) is 13.1. The van der Waals surface area contributed by atoms with Crippen LogP contribution in [0.5, 0.6) is 5.75 Å². The second-order valence-corrected chi connectivity index (χ2v) is 11.4. The number of benzene rings is 1. The van der Waals surface area contributed by atoms with Crippen LogP contribution in [0.25, 0.3) is 0 Å². The number of phenols is 1. The molecule has 1 rings (SSSR count). The molecule has 0 aliphatic rings. The van der Waals surface area contributed by atoms with E-state index < -0.39 is 53.5 Å². The van der Waals surface area contributed by atoms with Gasteiger partial charge in [0.1, 0.15) is 23.4 Å². The van der Waals surface area contributed by atoms with Crippen LogP contribution in [0.4, 0.5) is 4.79 Å². The van der Waals surface area contributed by atoms with E-state index in [4.69, 9.17) is 10.5 Å². The number of aromatic hydroxyl groups is 1. The van der Waals surface area contributed by atoms with Crippen LogP contribution >= 0.6 is 0 Å². The number of carbonyl (C=O) groups excluding carboxylic acids is 4. The quantitative estimate of drug-likeness (QED) is 0.320. The van der Waals surface area contributed by atoms with Gasteiger partial charge in [-0.25, -0.2) is 4.79 Å². The van der Waals surface area contributed by atoms with Gasteiger partial charge in [-0.05, 0) is 84.6 Å². The molecular formula is C28H46N4O6. The Bertz CT molecular complexity index is 1000. The van der Waals surface area contributed by atoms with Crippen molar-refractivity contribution >= 4 is 23.8 Å². The van der Waals surface area contributed by atoms with Gasteiger partial charge in [0.25, 0.3) is 0 Å². The zero-order valence-corrected chi connectivity index (χ0v) is 24.3. The van der Waals surface area contributed by atoms with Crippen molar-refractivity contribution in [3.8, 4) is 5.75 Å². The molecule has 0 saturated heterocycles. The third-order valence-corrected chi connectivity index (χ3v) is 6.30. The molecule has 3 atom stereocenters. The van der Waals surface area contributed by atoms with Crippen LogP contribution in [0, 0.1) is 6.92 Å². The van der Waals surface area contributed by atoms with E-state index in [2.05, 4.69) is 10.6 Å². The van der Waals surface area contributed by atoms with Crippen LogP contribution in [-0.2, 0) is 19.1 Å².